The SMILES string of the molecule is C#CC#C[C@H](O[Si](c1ccccc1)(c1ccccc1)C(C)(C)C)[C@H]1COC(C)(C)O1. The van der Waals surface area contributed by atoms with Crippen molar-refractivity contribution in [3.63, 3.8) is 0 Å². The summed E-state index contributed by atoms with van der Waals surface area (Å²) < 4.78 is 19.1. The number of rotatable bonds is 5. The molecule has 1 saturated heterocycles. The summed E-state index contributed by atoms with van der Waals surface area (Å²) in [5.74, 6) is 7.66. The molecule has 0 aliphatic carbocycles. The number of hydrogen-bond donors (Lipinski definition) is 0. The van der Waals surface area contributed by atoms with Crippen LogP contribution in [-0.2, 0) is 13.9 Å². The van der Waals surface area contributed by atoms with E-state index in [-0.39, 0.29) is 11.1 Å². The third kappa shape index (κ3) is 4.53. The first kappa shape index (κ1) is 22.3. The molecule has 1 fully saturated rings. The maximum atomic E-state index is 7.12. The Balaban J connectivity index is 2.17. The molecule has 2 aromatic rings. The van der Waals surface area contributed by atoms with Gasteiger partial charge in [-0.05, 0) is 41.1 Å². The van der Waals surface area contributed by atoms with E-state index in [9.17, 15) is 0 Å². The molecule has 0 radical (unpaired) electrons. The van der Waals surface area contributed by atoms with E-state index in [0.29, 0.717) is 6.61 Å². The van der Waals surface area contributed by atoms with Gasteiger partial charge in [-0.25, -0.2) is 0 Å². The Kier molecular flexibility index (Phi) is 6.55. The molecule has 3 nitrogen and oxygen atoms in total. The Labute approximate surface area is 181 Å². The van der Waals surface area contributed by atoms with E-state index < -0.39 is 20.2 Å². The molecular formula is C26H30O3Si. The molecule has 1 aliphatic heterocycles. The average molecular weight is 419 g/mol. The van der Waals surface area contributed by atoms with Crippen LogP contribution in [0.25, 0.3) is 0 Å². The van der Waals surface area contributed by atoms with Gasteiger partial charge in [0, 0.05) is 0 Å². The van der Waals surface area contributed by atoms with Crippen LogP contribution < -0.4 is 10.4 Å². The molecule has 2 atom stereocenters. The zero-order valence-corrected chi connectivity index (χ0v) is 19.4. The normalized spacial score (nSPS) is 19.4. The van der Waals surface area contributed by atoms with Crippen LogP contribution in [0.1, 0.15) is 34.6 Å². The summed E-state index contributed by atoms with van der Waals surface area (Å²) in [5.41, 5.74) is 0. The standard InChI is InChI=1S/C26H30O3Si/c1-7-8-19-23(24-20-27-26(5,6)28-24)29-30(25(2,3)4,21-15-11-9-12-16-21)22-17-13-10-14-18-22/h1,9-18,23-24H,20H2,2-6H3/t23-,24+/m0/s1. The average Bonchev–Trinajstić information content (AvgIpc) is 3.08. The second-order valence-corrected chi connectivity index (χ2v) is 13.2. The lowest BCUT2D eigenvalue weighted by atomic mass is 10.2. The highest BCUT2D eigenvalue weighted by molar-refractivity contribution is 6.99. The summed E-state index contributed by atoms with van der Waals surface area (Å²) in [6, 6.07) is 21.0. The topological polar surface area (TPSA) is 27.7 Å². The molecule has 3 rings (SSSR count). The second-order valence-electron chi connectivity index (χ2n) is 8.98. The van der Waals surface area contributed by atoms with Crippen molar-refractivity contribution in [2.75, 3.05) is 6.61 Å². The van der Waals surface area contributed by atoms with Crippen molar-refractivity contribution in [1.82, 2.24) is 0 Å². The molecule has 4 heteroatoms. The minimum atomic E-state index is -2.78. The van der Waals surface area contributed by atoms with Crippen LogP contribution in [0.15, 0.2) is 60.7 Å². The summed E-state index contributed by atoms with van der Waals surface area (Å²) in [5, 5.41) is 2.21. The molecule has 0 aromatic heterocycles. The quantitative estimate of drug-likeness (QED) is 0.547. The van der Waals surface area contributed by atoms with Crippen LogP contribution >= 0.6 is 0 Å². The van der Waals surface area contributed by atoms with Gasteiger partial charge in [-0.15, -0.1) is 6.42 Å². The highest BCUT2D eigenvalue weighted by Gasteiger charge is 2.53. The molecular weight excluding hydrogens is 388 g/mol. The predicted octanol–water partition coefficient (Wildman–Crippen LogP) is 3.72. The van der Waals surface area contributed by atoms with Crippen LogP contribution in [0.3, 0.4) is 0 Å². The highest BCUT2D eigenvalue weighted by atomic mass is 28.4. The van der Waals surface area contributed by atoms with Crippen molar-refractivity contribution in [2.45, 2.75) is 57.7 Å². The van der Waals surface area contributed by atoms with E-state index >= 15 is 0 Å². The lowest BCUT2D eigenvalue weighted by Crippen LogP contribution is -2.68. The van der Waals surface area contributed by atoms with E-state index in [0.717, 1.165) is 0 Å². The summed E-state index contributed by atoms with van der Waals surface area (Å²) in [4.78, 5) is 0. The van der Waals surface area contributed by atoms with Crippen molar-refractivity contribution in [3.8, 4) is 24.2 Å². The lowest BCUT2D eigenvalue weighted by molar-refractivity contribution is -0.145. The van der Waals surface area contributed by atoms with Gasteiger partial charge in [-0.1, -0.05) is 87.4 Å². The van der Waals surface area contributed by atoms with Gasteiger partial charge in [-0.3, -0.25) is 0 Å². The zero-order chi connectivity index (χ0) is 21.8. The van der Waals surface area contributed by atoms with Crippen LogP contribution in [0.4, 0.5) is 0 Å². The Morgan fingerprint density at radius 2 is 1.57 bits per heavy atom. The first-order valence-electron chi connectivity index (χ1n) is 10.3. The number of benzene rings is 2. The zero-order valence-electron chi connectivity index (χ0n) is 18.4. The smallest absolute Gasteiger partial charge is 0.262 e. The minimum absolute atomic E-state index is 0.166. The number of terminal acetylenes is 1. The third-order valence-electron chi connectivity index (χ3n) is 5.38. The monoisotopic (exact) mass is 418 g/mol. The largest absolute Gasteiger partial charge is 0.391 e. The minimum Gasteiger partial charge on any atom is -0.391 e. The number of hydrogen-bond acceptors (Lipinski definition) is 3. The van der Waals surface area contributed by atoms with E-state index in [1.54, 1.807) is 0 Å². The van der Waals surface area contributed by atoms with Crippen LogP contribution in [0.2, 0.25) is 5.04 Å². The van der Waals surface area contributed by atoms with Gasteiger partial charge >= 0.3 is 0 Å². The van der Waals surface area contributed by atoms with Gasteiger partial charge in [0.2, 0.25) is 0 Å². The van der Waals surface area contributed by atoms with E-state index in [1.165, 1.54) is 10.4 Å². The van der Waals surface area contributed by atoms with Crippen molar-refractivity contribution < 1.29 is 13.9 Å². The van der Waals surface area contributed by atoms with Crippen molar-refractivity contribution in [1.29, 1.82) is 0 Å². The van der Waals surface area contributed by atoms with Crippen molar-refractivity contribution in [2.24, 2.45) is 0 Å². The molecule has 1 aliphatic rings. The second kappa shape index (κ2) is 8.80. The summed E-state index contributed by atoms with van der Waals surface area (Å²) in [6.07, 6.45) is 4.64. The van der Waals surface area contributed by atoms with Gasteiger partial charge in [0.15, 0.2) is 5.79 Å². The molecule has 0 bridgehead atoms. The number of ether oxygens (including phenoxy) is 2. The molecule has 2 aromatic carbocycles. The molecule has 0 N–H and O–H groups in total. The molecule has 0 saturated carbocycles. The van der Waals surface area contributed by atoms with Gasteiger partial charge in [0.25, 0.3) is 8.32 Å². The maximum absolute atomic E-state index is 7.12. The van der Waals surface area contributed by atoms with Crippen molar-refractivity contribution >= 4 is 18.7 Å². The van der Waals surface area contributed by atoms with Crippen LogP contribution in [0, 0.1) is 24.2 Å². The summed E-state index contributed by atoms with van der Waals surface area (Å²) >= 11 is 0. The van der Waals surface area contributed by atoms with Crippen molar-refractivity contribution in [3.05, 3.63) is 60.7 Å². The van der Waals surface area contributed by atoms with E-state index in [4.69, 9.17) is 20.3 Å². The Morgan fingerprint density at radius 3 is 1.97 bits per heavy atom. The highest BCUT2D eigenvalue weighted by Crippen LogP contribution is 2.38. The predicted molar refractivity (Wildman–Crippen MR) is 124 cm³/mol. The summed E-state index contributed by atoms with van der Waals surface area (Å²) in [6.45, 7) is 10.9. The van der Waals surface area contributed by atoms with Gasteiger partial charge in [-0.2, -0.15) is 0 Å². The van der Waals surface area contributed by atoms with Gasteiger partial charge in [0.05, 0.1) is 6.61 Å². The Bertz CT molecular complexity index is 904. The van der Waals surface area contributed by atoms with Gasteiger partial charge in [0.1, 0.15) is 12.2 Å². The van der Waals surface area contributed by atoms with E-state index in [1.807, 2.05) is 26.0 Å². The molecule has 156 valence electrons. The summed E-state index contributed by atoms with van der Waals surface area (Å²) in [7, 11) is -2.78. The third-order valence-corrected chi connectivity index (χ3v) is 10.4. The Hall–Kier alpha value is -2.34. The fraction of sp³-hybridized carbons (Fsp3) is 0.385. The fourth-order valence-electron chi connectivity index (χ4n) is 4.06. The van der Waals surface area contributed by atoms with E-state index in [2.05, 4.69) is 87.1 Å². The molecule has 0 spiro atoms. The fourth-order valence-corrected chi connectivity index (χ4v) is 8.66. The van der Waals surface area contributed by atoms with Crippen LogP contribution in [-0.4, -0.2) is 32.9 Å². The molecule has 0 amide bonds. The molecule has 1 heterocycles. The first-order valence-corrected chi connectivity index (χ1v) is 12.2. The maximum Gasteiger partial charge on any atom is 0.262 e. The van der Waals surface area contributed by atoms with Gasteiger partial charge < -0.3 is 13.9 Å². The lowest BCUT2D eigenvalue weighted by Gasteiger charge is -2.45. The molecule has 30 heavy (non-hydrogen) atoms. The van der Waals surface area contributed by atoms with Crippen LogP contribution in [0.5, 0.6) is 0 Å². The first-order chi connectivity index (χ1) is 14.2. The molecule has 0 unspecified atom stereocenters. The Morgan fingerprint density at radius 1 is 1.03 bits per heavy atom.